The first-order chi connectivity index (χ1) is 16.8. The van der Waals surface area contributed by atoms with Gasteiger partial charge in [0.1, 0.15) is 17.3 Å². The van der Waals surface area contributed by atoms with Gasteiger partial charge in [0.2, 0.25) is 0 Å². The van der Waals surface area contributed by atoms with E-state index in [9.17, 15) is 14.7 Å². The zero-order chi connectivity index (χ0) is 25.1. The molecule has 1 amide bonds. The number of aliphatic hydroxyl groups excluding tert-OH is 1. The molecule has 4 rings (SSSR count). The number of carbonyl (C=O) groups excluding carboxylic acids is 2. The predicted molar refractivity (Wildman–Crippen MR) is 132 cm³/mol. The molecule has 0 saturated carbocycles. The van der Waals surface area contributed by atoms with Crippen LogP contribution in [0, 0.1) is 0 Å². The van der Waals surface area contributed by atoms with Crippen molar-refractivity contribution in [3.05, 3.63) is 94.8 Å². The quantitative estimate of drug-likeness (QED) is 0.301. The lowest BCUT2D eigenvalue weighted by Gasteiger charge is -2.25. The maximum Gasteiger partial charge on any atom is 0.296 e. The van der Waals surface area contributed by atoms with Crippen molar-refractivity contribution in [2.45, 2.75) is 32.4 Å². The van der Waals surface area contributed by atoms with E-state index in [1.54, 1.807) is 75.0 Å². The lowest BCUT2D eigenvalue weighted by molar-refractivity contribution is -0.140. The lowest BCUT2D eigenvalue weighted by atomic mass is 9.93. The maximum absolute atomic E-state index is 13.3. The maximum atomic E-state index is 13.3. The van der Waals surface area contributed by atoms with Gasteiger partial charge in [0, 0.05) is 11.8 Å². The number of pyridine rings is 1. The van der Waals surface area contributed by atoms with Crippen LogP contribution in [-0.2, 0) is 16.1 Å². The van der Waals surface area contributed by atoms with Gasteiger partial charge in [-0.15, -0.1) is 0 Å². The Bertz CT molecular complexity index is 1270. The van der Waals surface area contributed by atoms with Gasteiger partial charge in [-0.25, -0.2) is 0 Å². The van der Waals surface area contributed by atoms with Crippen LogP contribution in [0.3, 0.4) is 0 Å². The summed E-state index contributed by atoms with van der Waals surface area (Å²) < 4.78 is 10.7. The summed E-state index contributed by atoms with van der Waals surface area (Å²) in [5.74, 6) is -0.179. The van der Waals surface area contributed by atoms with Crippen LogP contribution in [0.1, 0.15) is 48.2 Å². The van der Waals surface area contributed by atoms with Crippen LogP contribution in [0.15, 0.2) is 72.4 Å². The number of likely N-dealkylation sites (tertiary alicyclic amines) is 1. The van der Waals surface area contributed by atoms with Crippen molar-refractivity contribution in [2.24, 2.45) is 0 Å². The molecule has 1 aliphatic heterocycles. The van der Waals surface area contributed by atoms with E-state index >= 15 is 0 Å². The third-order valence-corrected chi connectivity index (χ3v) is 6.16. The summed E-state index contributed by atoms with van der Waals surface area (Å²) in [5, 5.41) is 11.4. The zero-order valence-electron chi connectivity index (χ0n) is 20.2. The van der Waals surface area contributed by atoms with Gasteiger partial charge in [0.05, 0.1) is 38.1 Å². The standard InChI is InChI=1S/C28H28N2O5/c1-17(2)22-15-19(10-13-23(22)35-4)26(31)24-25(18-8-11-21(34-3)12-9-18)30(28(33)27(24)32)16-20-7-5-6-14-29-20/h5-15,17,25,31H,16H2,1-4H3/b26-24-. The molecule has 1 saturated heterocycles. The topological polar surface area (TPSA) is 89.0 Å². The van der Waals surface area contributed by atoms with Gasteiger partial charge < -0.3 is 19.5 Å². The number of nitrogens with zero attached hydrogens (tertiary/aromatic N) is 2. The van der Waals surface area contributed by atoms with Crippen molar-refractivity contribution in [1.29, 1.82) is 0 Å². The molecule has 180 valence electrons. The van der Waals surface area contributed by atoms with Gasteiger partial charge in [0.25, 0.3) is 11.7 Å². The Kier molecular flexibility index (Phi) is 6.87. The van der Waals surface area contributed by atoms with Crippen LogP contribution >= 0.6 is 0 Å². The van der Waals surface area contributed by atoms with E-state index < -0.39 is 17.7 Å². The first kappa shape index (κ1) is 24.0. The minimum Gasteiger partial charge on any atom is -0.507 e. The summed E-state index contributed by atoms with van der Waals surface area (Å²) in [6.07, 6.45) is 1.64. The second-order valence-corrected chi connectivity index (χ2v) is 8.63. The number of benzene rings is 2. The molecule has 1 aromatic heterocycles. The van der Waals surface area contributed by atoms with E-state index in [2.05, 4.69) is 4.98 Å². The van der Waals surface area contributed by atoms with Crippen LogP contribution in [0.25, 0.3) is 5.76 Å². The number of aromatic nitrogens is 1. The monoisotopic (exact) mass is 472 g/mol. The number of aliphatic hydroxyl groups is 1. The highest BCUT2D eigenvalue weighted by molar-refractivity contribution is 6.46. The Balaban J connectivity index is 1.87. The van der Waals surface area contributed by atoms with Crippen LogP contribution in [0.5, 0.6) is 11.5 Å². The SMILES string of the molecule is COc1ccc(C2/C(=C(/O)c3ccc(OC)c(C(C)C)c3)C(=O)C(=O)N2Cc2ccccn2)cc1. The molecule has 0 aliphatic carbocycles. The molecular weight excluding hydrogens is 444 g/mol. The number of rotatable bonds is 7. The molecule has 0 spiro atoms. The molecule has 3 aromatic rings. The molecule has 1 fully saturated rings. The van der Waals surface area contributed by atoms with Crippen molar-refractivity contribution in [3.8, 4) is 11.5 Å². The fraction of sp³-hybridized carbons (Fsp3) is 0.250. The van der Waals surface area contributed by atoms with Crippen LogP contribution in [-0.4, -0.2) is 40.9 Å². The third kappa shape index (κ3) is 4.62. The first-order valence-corrected chi connectivity index (χ1v) is 11.4. The van der Waals surface area contributed by atoms with E-state index in [1.807, 2.05) is 19.9 Å². The Morgan fingerprint density at radius 1 is 1.03 bits per heavy atom. The highest BCUT2D eigenvalue weighted by atomic mass is 16.5. The average molecular weight is 473 g/mol. The molecule has 35 heavy (non-hydrogen) atoms. The van der Waals surface area contributed by atoms with Crippen molar-refractivity contribution in [2.75, 3.05) is 14.2 Å². The number of carbonyl (C=O) groups is 2. The summed E-state index contributed by atoms with van der Waals surface area (Å²) in [7, 11) is 3.16. The Morgan fingerprint density at radius 2 is 1.77 bits per heavy atom. The number of hydrogen-bond acceptors (Lipinski definition) is 6. The van der Waals surface area contributed by atoms with E-state index in [4.69, 9.17) is 9.47 Å². The van der Waals surface area contributed by atoms with Crippen molar-refractivity contribution < 1.29 is 24.2 Å². The van der Waals surface area contributed by atoms with Gasteiger partial charge in [0.15, 0.2) is 0 Å². The predicted octanol–water partition coefficient (Wildman–Crippen LogP) is 4.84. The van der Waals surface area contributed by atoms with Gasteiger partial charge in [-0.3, -0.25) is 14.6 Å². The summed E-state index contributed by atoms with van der Waals surface area (Å²) >= 11 is 0. The molecule has 1 unspecified atom stereocenters. The van der Waals surface area contributed by atoms with Gasteiger partial charge in [-0.05, 0) is 59.5 Å². The van der Waals surface area contributed by atoms with E-state index in [-0.39, 0.29) is 23.8 Å². The van der Waals surface area contributed by atoms with Crippen LogP contribution in [0.2, 0.25) is 0 Å². The first-order valence-electron chi connectivity index (χ1n) is 11.4. The van der Waals surface area contributed by atoms with Crippen LogP contribution in [0.4, 0.5) is 0 Å². The lowest BCUT2D eigenvalue weighted by Crippen LogP contribution is -2.29. The summed E-state index contributed by atoms with van der Waals surface area (Å²) in [4.78, 5) is 32.3. The molecule has 7 heteroatoms. The van der Waals surface area contributed by atoms with Crippen molar-refractivity contribution >= 4 is 17.4 Å². The third-order valence-electron chi connectivity index (χ3n) is 6.16. The summed E-state index contributed by atoms with van der Waals surface area (Å²) in [6.45, 7) is 4.16. The molecule has 2 heterocycles. The summed E-state index contributed by atoms with van der Waals surface area (Å²) in [6, 6.07) is 17.0. The van der Waals surface area contributed by atoms with Gasteiger partial charge >= 0.3 is 0 Å². The molecule has 7 nitrogen and oxygen atoms in total. The average Bonchev–Trinajstić information content (AvgIpc) is 3.13. The minimum atomic E-state index is -0.785. The van der Waals surface area contributed by atoms with Gasteiger partial charge in [-0.1, -0.05) is 32.0 Å². The van der Waals surface area contributed by atoms with Crippen molar-refractivity contribution in [3.63, 3.8) is 0 Å². The molecule has 0 bridgehead atoms. The van der Waals surface area contributed by atoms with Gasteiger partial charge in [-0.2, -0.15) is 0 Å². The second kappa shape index (κ2) is 10.0. The number of ether oxygens (including phenoxy) is 2. The molecule has 2 aromatic carbocycles. The number of Topliss-reactive ketones (excluding diaryl/α,β-unsaturated/α-hetero) is 1. The Labute approximate surface area is 204 Å². The molecular formula is C28H28N2O5. The highest BCUT2D eigenvalue weighted by Crippen LogP contribution is 2.41. The van der Waals surface area contributed by atoms with Crippen LogP contribution < -0.4 is 9.47 Å². The fourth-order valence-corrected chi connectivity index (χ4v) is 4.33. The molecule has 1 atom stereocenters. The molecule has 0 radical (unpaired) electrons. The number of amides is 1. The van der Waals surface area contributed by atoms with E-state index in [0.29, 0.717) is 28.3 Å². The zero-order valence-corrected chi connectivity index (χ0v) is 20.2. The highest BCUT2D eigenvalue weighted by Gasteiger charge is 2.46. The fourth-order valence-electron chi connectivity index (χ4n) is 4.33. The van der Waals surface area contributed by atoms with Crippen molar-refractivity contribution in [1.82, 2.24) is 9.88 Å². The van der Waals surface area contributed by atoms with E-state index in [0.717, 1.165) is 5.56 Å². The number of ketones is 1. The molecule has 1 aliphatic rings. The smallest absolute Gasteiger partial charge is 0.296 e. The normalized spacial score (nSPS) is 17.2. The number of hydrogen-bond donors (Lipinski definition) is 1. The second-order valence-electron chi connectivity index (χ2n) is 8.63. The molecule has 1 N–H and O–H groups in total. The Hall–Kier alpha value is -4.13. The van der Waals surface area contributed by atoms with E-state index in [1.165, 1.54) is 4.90 Å². The summed E-state index contributed by atoms with van der Waals surface area (Å²) in [5.41, 5.74) is 2.69. The number of methoxy groups -OCH3 is 2. The Morgan fingerprint density at radius 3 is 2.37 bits per heavy atom. The largest absolute Gasteiger partial charge is 0.507 e. The minimum absolute atomic E-state index is 0.0379.